The highest BCUT2D eigenvalue weighted by molar-refractivity contribution is 5.10. The molecular weight excluding hydrogens is 176 g/mol. The molecule has 0 unspecified atom stereocenters. The maximum Gasteiger partial charge on any atom is 0.251 e. The first kappa shape index (κ1) is 9.44. The summed E-state index contributed by atoms with van der Waals surface area (Å²) in [5, 5.41) is 0. The minimum Gasteiger partial charge on any atom is -0.311 e. The van der Waals surface area contributed by atoms with E-state index in [2.05, 4.69) is 9.97 Å². The molecule has 0 spiro atoms. The summed E-state index contributed by atoms with van der Waals surface area (Å²) in [5.41, 5.74) is 1.00. The molecule has 3 nitrogen and oxygen atoms in total. The average Bonchev–Trinajstić information content (AvgIpc) is 2.69. The van der Waals surface area contributed by atoms with Crippen LogP contribution in [0, 0.1) is 0 Å². The van der Waals surface area contributed by atoms with Crippen LogP contribution in [0.4, 0.5) is 0 Å². The van der Waals surface area contributed by atoms with Gasteiger partial charge >= 0.3 is 0 Å². The van der Waals surface area contributed by atoms with Gasteiger partial charge in [0, 0.05) is 18.4 Å². The fourth-order valence-corrected chi connectivity index (χ4v) is 2.13. The Morgan fingerprint density at radius 1 is 1.50 bits per heavy atom. The summed E-state index contributed by atoms with van der Waals surface area (Å²) in [7, 11) is 0. The second-order valence-corrected chi connectivity index (χ2v) is 3.95. The highest BCUT2D eigenvalue weighted by Crippen LogP contribution is 2.32. The van der Waals surface area contributed by atoms with Crippen molar-refractivity contribution in [1.82, 2.24) is 9.97 Å². The number of hydrogen-bond acceptors (Lipinski definition) is 2. The Balaban J connectivity index is 2.32. The zero-order valence-electron chi connectivity index (χ0n) is 8.55. The van der Waals surface area contributed by atoms with Gasteiger partial charge in [-0.2, -0.15) is 0 Å². The number of nitrogens with one attached hydrogen (secondary N) is 1. The fourth-order valence-electron chi connectivity index (χ4n) is 2.13. The molecule has 0 saturated heterocycles. The summed E-state index contributed by atoms with van der Waals surface area (Å²) >= 11 is 0. The van der Waals surface area contributed by atoms with Crippen molar-refractivity contribution in [3.05, 3.63) is 27.9 Å². The van der Waals surface area contributed by atoms with Crippen LogP contribution in [-0.2, 0) is 6.42 Å². The van der Waals surface area contributed by atoms with Crippen molar-refractivity contribution >= 4 is 0 Å². The van der Waals surface area contributed by atoms with E-state index in [4.69, 9.17) is 0 Å². The van der Waals surface area contributed by atoms with E-state index in [0.29, 0.717) is 5.92 Å². The van der Waals surface area contributed by atoms with Crippen LogP contribution >= 0.6 is 0 Å². The Hall–Kier alpha value is -1.12. The molecule has 0 aromatic carbocycles. The number of aromatic amines is 1. The molecule has 14 heavy (non-hydrogen) atoms. The highest BCUT2D eigenvalue weighted by atomic mass is 16.1. The Morgan fingerprint density at radius 3 is 2.86 bits per heavy atom. The van der Waals surface area contributed by atoms with Crippen molar-refractivity contribution in [2.24, 2.45) is 0 Å². The van der Waals surface area contributed by atoms with Crippen LogP contribution in [0.1, 0.15) is 50.0 Å². The van der Waals surface area contributed by atoms with Gasteiger partial charge in [0.1, 0.15) is 5.82 Å². The molecule has 0 amide bonds. The maximum absolute atomic E-state index is 11.3. The summed E-state index contributed by atoms with van der Waals surface area (Å²) in [6, 6.07) is 1.66. The number of aryl methyl sites for hydroxylation is 1. The second kappa shape index (κ2) is 3.95. The molecular formula is C11H16N2O. The van der Waals surface area contributed by atoms with E-state index >= 15 is 0 Å². The SMILES string of the molecule is CCc1nc(C2CCCC2)cc(=O)[nH]1. The van der Waals surface area contributed by atoms with Gasteiger partial charge in [-0.05, 0) is 12.8 Å². The summed E-state index contributed by atoms with van der Waals surface area (Å²) in [6.07, 6.45) is 5.75. The van der Waals surface area contributed by atoms with Gasteiger partial charge in [0.05, 0.1) is 5.69 Å². The molecule has 0 aliphatic heterocycles. The zero-order chi connectivity index (χ0) is 9.97. The third-order valence-electron chi connectivity index (χ3n) is 2.92. The van der Waals surface area contributed by atoms with Gasteiger partial charge in [-0.3, -0.25) is 4.79 Å². The first-order valence-electron chi connectivity index (χ1n) is 5.39. The van der Waals surface area contributed by atoms with Crippen LogP contribution in [0.15, 0.2) is 10.9 Å². The van der Waals surface area contributed by atoms with Crippen LogP contribution < -0.4 is 5.56 Å². The zero-order valence-corrected chi connectivity index (χ0v) is 8.55. The van der Waals surface area contributed by atoms with E-state index in [-0.39, 0.29) is 5.56 Å². The lowest BCUT2D eigenvalue weighted by molar-refractivity contribution is 0.681. The first-order chi connectivity index (χ1) is 6.79. The third kappa shape index (κ3) is 1.86. The summed E-state index contributed by atoms with van der Waals surface area (Å²) in [6.45, 7) is 2.01. The normalized spacial score (nSPS) is 17.5. The lowest BCUT2D eigenvalue weighted by atomic mass is 10.0. The lowest BCUT2D eigenvalue weighted by Crippen LogP contribution is -2.13. The smallest absolute Gasteiger partial charge is 0.251 e. The van der Waals surface area contributed by atoms with E-state index in [1.807, 2.05) is 6.92 Å². The largest absolute Gasteiger partial charge is 0.311 e. The number of nitrogens with zero attached hydrogens (tertiary/aromatic N) is 1. The number of H-pyrrole nitrogens is 1. The monoisotopic (exact) mass is 192 g/mol. The van der Waals surface area contributed by atoms with E-state index in [1.54, 1.807) is 6.07 Å². The van der Waals surface area contributed by atoms with E-state index < -0.39 is 0 Å². The molecule has 1 aromatic rings. The standard InChI is InChI=1S/C11H16N2O/c1-2-10-12-9(7-11(14)13-10)8-5-3-4-6-8/h7-8H,2-6H2,1H3,(H,12,13,14). The molecule has 1 aromatic heterocycles. The first-order valence-corrected chi connectivity index (χ1v) is 5.39. The van der Waals surface area contributed by atoms with Crippen LogP contribution in [-0.4, -0.2) is 9.97 Å². The van der Waals surface area contributed by atoms with E-state index in [0.717, 1.165) is 17.9 Å². The third-order valence-corrected chi connectivity index (χ3v) is 2.92. The lowest BCUT2D eigenvalue weighted by Gasteiger charge is -2.08. The molecule has 1 heterocycles. The molecule has 2 rings (SSSR count). The Bertz CT molecular complexity index is 364. The molecule has 3 heteroatoms. The number of aromatic nitrogens is 2. The Labute approximate surface area is 83.6 Å². The minimum absolute atomic E-state index is 0.00116. The van der Waals surface area contributed by atoms with Gasteiger partial charge < -0.3 is 4.98 Å². The predicted molar refractivity (Wildman–Crippen MR) is 55.4 cm³/mol. The highest BCUT2D eigenvalue weighted by Gasteiger charge is 2.18. The van der Waals surface area contributed by atoms with E-state index in [1.165, 1.54) is 25.7 Å². The molecule has 1 saturated carbocycles. The van der Waals surface area contributed by atoms with Gasteiger partial charge in [0.15, 0.2) is 0 Å². The number of rotatable bonds is 2. The molecule has 1 fully saturated rings. The molecule has 76 valence electrons. The van der Waals surface area contributed by atoms with Gasteiger partial charge in [-0.15, -0.1) is 0 Å². The maximum atomic E-state index is 11.3. The molecule has 1 aliphatic rings. The topological polar surface area (TPSA) is 45.8 Å². The summed E-state index contributed by atoms with van der Waals surface area (Å²) in [5.74, 6) is 1.35. The minimum atomic E-state index is -0.00116. The second-order valence-electron chi connectivity index (χ2n) is 3.95. The van der Waals surface area contributed by atoms with Crippen LogP contribution in [0.25, 0.3) is 0 Å². The van der Waals surface area contributed by atoms with Gasteiger partial charge in [0.25, 0.3) is 5.56 Å². The molecule has 1 N–H and O–H groups in total. The van der Waals surface area contributed by atoms with Gasteiger partial charge in [0.2, 0.25) is 0 Å². The van der Waals surface area contributed by atoms with Crippen molar-refractivity contribution in [2.45, 2.75) is 44.9 Å². The summed E-state index contributed by atoms with van der Waals surface area (Å²) in [4.78, 5) is 18.6. The van der Waals surface area contributed by atoms with Gasteiger partial charge in [-0.1, -0.05) is 19.8 Å². The van der Waals surface area contributed by atoms with Crippen LogP contribution in [0.3, 0.4) is 0 Å². The van der Waals surface area contributed by atoms with Crippen LogP contribution in [0.5, 0.6) is 0 Å². The average molecular weight is 192 g/mol. The predicted octanol–water partition coefficient (Wildman–Crippen LogP) is 1.99. The molecule has 0 bridgehead atoms. The molecule has 0 radical (unpaired) electrons. The van der Waals surface area contributed by atoms with Crippen molar-refractivity contribution in [2.75, 3.05) is 0 Å². The van der Waals surface area contributed by atoms with Crippen molar-refractivity contribution in [3.63, 3.8) is 0 Å². The van der Waals surface area contributed by atoms with Crippen molar-refractivity contribution < 1.29 is 0 Å². The quantitative estimate of drug-likeness (QED) is 0.778. The fraction of sp³-hybridized carbons (Fsp3) is 0.636. The van der Waals surface area contributed by atoms with Gasteiger partial charge in [-0.25, -0.2) is 4.98 Å². The van der Waals surface area contributed by atoms with Crippen molar-refractivity contribution in [1.29, 1.82) is 0 Å². The summed E-state index contributed by atoms with van der Waals surface area (Å²) < 4.78 is 0. The Morgan fingerprint density at radius 2 is 2.21 bits per heavy atom. The van der Waals surface area contributed by atoms with Crippen molar-refractivity contribution in [3.8, 4) is 0 Å². The van der Waals surface area contributed by atoms with E-state index in [9.17, 15) is 4.79 Å². The number of hydrogen-bond donors (Lipinski definition) is 1. The van der Waals surface area contributed by atoms with Crippen LogP contribution in [0.2, 0.25) is 0 Å². The molecule has 0 atom stereocenters. The molecule has 1 aliphatic carbocycles. The Kier molecular flexibility index (Phi) is 2.66.